The first kappa shape index (κ1) is 20.7. The molecule has 0 aliphatic rings. The second-order valence-corrected chi connectivity index (χ2v) is 6.71. The molecule has 0 spiro atoms. The second kappa shape index (κ2) is 9.89. The van der Waals surface area contributed by atoms with Gasteiger partial charge in [0.25, 0.3) is 11.8 Å². The Bertz CT molecular complexity index is 843. The molecule has 0 aliphatic carbocycles. The van der Waals surface area contributed by atoms with Crippen LogP contribution in [0.1, 0.15) is 15.9 Å². The fourth-order valence-electron chi connectivity index (χ4n) is 2.04. The highest BCUT2D eigenvalue weighted by molar-refractivity contribution is 9.10. The summed E-state index contributed by atoms with van der Waals surface area (Å²) in [7, 11) is 1.54. The maximum absolute atomic E-state index is 12.0. The van der Waals surface area contributed by atoms with Crippen LogP contribution in [-0.4, -0.2) is 30.6 Å². The first-order valence-electron chi connectivity index (χ1n) is 7.82. The number of hydrazine groups is 1. The minimum atomic E-state index is -0.450. The van der Waals surface area contributed by atoms with Gasteiger partial charge in [-0.3, -0.25) is 25.8 Å². The van der Waals surface area contributed by atoms with E-state index in [4.69, 9.17) is 21.7 Å². The molecule has 0 aliphatic heterocycles. The number of carbonyl (C=O) groups excluding carboxylic acids is 2. The Morgan fingerprint density at radius 2 is 1.81 bits per heavy atom. The number of rotatable bonds is 5. The lowest BCUT2D eigenvalue weighted by atomic mass is 10.2. The Balaban J connectivity index is 1.75. The number of carbonyl (C=O) groups is 2. The van der Waals surface area contributed by atoms with Crippen molar-refractivity contribution in [2.75, 3.05) is 13.7 Å². The van der Waals surface area contributed by atoms with Gasteiger partial charge in [0.1, 0.15) is 11.5 Å². The Labute approximate surface area is 170 Å². The summed E-state index contributed by atoms with van der Waals surface area (Å²) in [5, 5.41) is 2.37. The zero-order chi connectivity index (χ0) is 19.8. The van der Waals surface area contributed by atoms with E-state index in [0.717, 1.165) is 10.0 Å². The highest BCUT2D eigenvalue weighted by atomic mass is 79.9. The van der Waals surface area contributed by atoms with Gasteiger partial charge in [0.05, 0.1) is 7.11 Å². The zero-order valence-corrected chi connectivity index (χ0v) is 17.1. The van der Waals surface area contributed by atoms with Gasteiger partial charge in [-0.15, -0.1) is 0 Å². The number of aryl methyl sites for hydroxylation is 1. The summed E-state index contributed by atoms with van der Waals surface area (Å²) >= 11 is 8.33. The monoisotopic (exact) mass is 451 g/mol. The molecule has 0 aromatic heterocycles. The summed E-state index contributed by atoms with van der Waals surface area (Å²) in [5.41, 5.74) is 6.17. The molecule has 0 atom stereocenters. The van der Waals surface area contributed by atoms with Crippen molar-refractivity contribution in [1.29, 1.82) is 0 Å². The number of methoxy groups -OCH3 is 1. The summed E-state index contributed by atoms with van der Waals surface area (Å²) < 4.78 is 11.4. The molecule has 0 fully saturated rings. The number of benzene rings is 2. The number of nitrogens with one attached hydrogen (secondary N) is 3. The van der Waals surface area contributed by atoms with Crippen LogP contribution < -0.4 is 25.6 Å². The smallest absolute Gasteiger partial charge is 0.269 e. The van der Waals surface area contributed by atoms with Crippen molar-refractivity contribution >= 4 is 45.1 Å². The molecule has 0 heterocycles. The molecule has 2 rings (SSSR count). The number of hydrogen-bond acceptors (Lipinski definition) is 5. The molecule has 0 saturated carbocycles. The minimum Gasteiger partial charge on any atom is -0.497 e. The van der Waals surface area contributed by atoms with Gasteiger partial charge in [0.15, 0.2) is 11.7 Å². The van der Waals surface area contributed by atoms with E-state index in [1.165, 1.54) is 0 Å². The molecule has 0 radical (unpaired) electrons. The maximum Gasteiger partial charge on any atom is 0.269 e. The first-order valence-corrected chi connectivity index (χ1v) is 9.02. The molecule has 3 N–H and O–H groups in total. The number of ether oxygens (including phenoxy) is 2. The lowest BCUT2D eigenvalue weighted by Gasteiger charge is -2.12. The Morgan fingerprint density at radius 3 is 2.44 bits per heavy atom. The summed E-state index contributed by atoms with van der Waals surface area (Å²) in [6.07, 6.45) is 0. The van der Waals surface area contributed by atoms with Crippen LogP contribution in [0, 0.1) is 6.92 Å². The molecular formula is C18H18BrN3O4S. The van der Waals surface area contributed by atoms with Gasteiger partial charge < -0.3 is 9.47 Å². The third-order valence-electron chi connectivity index (χ3n) is 3.39. The van der Waals surface area contributed by atoms with E-state index in [2.05, 4.69) is 32.1 Å². The Kier molecular flexibility index (Phi) is 7.56. The van der Waals surface area contributed by atoms with Crippen LogP contribution in [-0.2, 0) is 4.79 Å². The predicted molar refractivity (Wildman–Crippen MR) is 109 cm³/mol. The Hall–Kier alpha value is -2.65. The normalized spacial score (nSPS) is 9.89. The molecule has 0 unspecified atom stereocenters. The molecule has 2 aromatic carbocycles. The van der Waals surface area contributed by atoms with Crippen molar-refractivity contribution in [3.8, 4) is 11.5 Å². The standard InChI is InChI=1S/C18H18BrN3O4S/c1-11-9-13(19)5-8-15(11)26-10-16(23)20-18(27)22-21-17(24)12-3-6-14(25-2)7-4-12/h3-9H,10H2,1-2H3,(H,21,24)(H2,20,22,23,27). The quantitative estimate of drug-likeness (QED) is 0.477. The van der Waals surface area contributed by atoms with Crippen molar-refractivity contribution in [2.24, 2.45) is 0 Å². The molecular weight excluding hydrogens is 434 g/mol. The zero-order valence-electron chi connectivity index (χ0n) is 14.7. The first-order chi connectivity index (χ1) is 12.9. The number of halogens is 1. The van der Waals surface area contributed by atoms with Gasteiger partial charge >= 0.3 is 0 Å². The summed E-state index contributed by atoms with van der Waals surface area (Å²) in [5.74, 6) is 0.382. The maximum atomic E-state index is 12.0. The van der Waals surface area contributed by atoms with Crippen molar-refractivity contribution in [3.05, 3.63) is 58.1 Å². The van der Waals surface area contributed by atoms with E-state index >= 15 is 0 Å². The SMILES string of the molecule is COc1ccc(C(=O)NNC(=S)NC(=O)COc2ccc(Br)cc2C)cc1. The largest absolute Gasteiger partial charge is 0.497 e. The number of hydrogen-bond donors (Lipinski definition) is 3. The average Bonchev–Trinajstić information content (AvgIpc) is 2.65. The van der Waals surface area contributed by atoms with Gasteiger partial charge in [-0.1, -0.05) is 15.9 Å². The molecule has 27 heavy (non-hydrogen) atoms. The third kappa shape index (κ3) is 6.54. The van der Waals surface area contributed by atoms with Crippen LogP contribution in [0.15, 0.2) is 46.9 Å². The number of thiocarbonyl (C=S) groups is 1. The average molecular weight is 452 g/mol. The van der Waals surface area contributed by atoms with Gasteiger partial charge in [-0.05, 0) is 67.2 Å². The van der Waals surface area contributed by atoms with Crippen LogP contribution >= 0.6 is 28.1 Å². The van der Waals surface area contributed by atoms with E-state index < -0.39 is 11.8 Å². The van der Waals surface area contributed by atoms with Crippen molar-refractivity contribution in [3.63, 3.8) is 0 Å². The van der Waals surface area contributed by atoms with Crippen molar-refractivity contribution in [1.82, 2.24) is 16.2 Å². The number of amides is 2. The van der Waals surface area contributed by atoms with Crippen LogP contribution in [0.2, 0.25) is 0 Å². The van der Waals surface area contributed by atoms with E-state index in [0.29, 0.717) is 17.1 Å². The minimum absolute atomic E-state index is 0.0435. The van der Waals surface area contributed by atoms with E-state index in [1.807, 2.05) is 19.1 Å². The molecule has 7 nitrogen and oxygen atoms in total. The van der Waals surface area contributed by atoms with E-state index in [-0.39, 0.29) is 11.7 Å². The van der Waals surface area contributed by atoms with Gasteiger partial charge in [-0.2, -0.15) is 0 Å². The highest BCUT2D eigenvalue weighted by Gasteiger charge is 2.09. The fraction of sp³-hybridized carbons (Fsp3) is 0.167. The van der Waals surface area contributed by atoms with E-state index in [9.17, 15) is 9.59 Å². The lowest BCUT2D eigenvalue weighted by molar-refractivity contribution is -0.121. The molecule has 0 bridgehead atoms. The topological polar surface area (TPSA) is 88.7 Å². The van der Waals surface area contributed by atoms with E-state index in [1.54, 1.807) is 37.4 Å². The Morgan fingerprint density at radius 1 is 1.11 bits per heavy atom. The van der Waals surface area contributed by atoms with Crippen molar-refractivity contribution < 1.29 is 19.1 Å². The van der Waals surface area contributed by atoms with Gasteiger partial charge in [0, 0.05) is 10.0 Å². The third-order valence-corrected chi connectivity index (χ3v) is 4.09. The molecule has 9 heteroatoms. The molecule has 2 aromatic rings. The highest BCUT2D eigenvalue weighted by Crippen LogP contribution is 2.21. The molecule has 2 amide bonds. The predicted octanol–water partition coefficient (Wildman–Crippen LogP) is 2.48. The van der Waals surface area contributed by atoms with Crippen LogP contribution in [0.3, 0.4) is 0 Å². The van der Waals surface area contributed by atoms with Gasteiger partial charge in [-0.25, -0.2) is 0 Å². The summed E-state index contributed by atoms with van der Waals surface area (Å²) in [4.78, 5) is 23.9. The molecule has 0 saturated heterocycles. The fourth-order valence-corrected chi connectivity index (χ4v) is 2.68. The van der Waals surface area contributed by atoms with Crippen LogP contribution in [0.5, 0.6) is 11.5 Å². The molecule has 142 valence electrons. The van der Waals surface area contributed by atoms with Crippen LogP contribution in [0.25, 0.3) is 0 Å². The lowest BCUT2D eigenvalue weighted by Crippen LogP contribution is -2.49. The second-order valence-electron chi connectivity index (χ2n) is 5.38. The van der Waals surface area contributed by atoms with Gasteiger partial charge in [0.2, 0.25) is 0 Å². The summed E-state index contributed by atoms with van der Waals surface area (Å²) in [6, 6.07) is 12.0. The van der Waals surface area contributed by atoms with Crippen LogP contribution in [0.4, 0.5) is 0 Å². The summed E-state index contributed by atoms with van der Waals surface area (Å²) in [6.45, 7) is 1.66. The van der Waals surface area contributed by atoms with Crippen molar-refractivity contribution in [2.45, 2.75) is 6.92 Å².